The molecule has 1 aromatic rings. The fourth-order valence-electron chi connectivity index (χ4n) is 1.86. The number of hydrogen-bond acceptors (Lipinski definition) is 2. The number of carboxylic acids is 1. The van der Waals surface area contributed by atoms with E-state index in [1.807, 2.05) is 6.07 Å². The summed E-state index contributed by atoms with van der Waals surface area (Å²) in [5.74, 6) is -0.598. The van der Waals surface area contributed by atoms with E-state index in [9.17, 15) is 9.90 Å². The minimum atomic E-state index is -0.884. The molecule has 1 aliphatic rings. The predicted octanol–water partition coefficient (Wildman–Crippen LogP) is 3.01. The maximum atomic E-state index is 11.3. The zero-order valence-corrected chi connectivity index (χ0v) is 9.79. The van der Waals surface area contributed by atoms with E-state index >= 15 is 0 Å². The van der Waals surface area contributed by atoms with Crippen molar-refractivity contribution >= 4 is 23.3 Å². The first-order chi connectivity index (χ1) is 7.52. The van der Waals surface area contributed by atoms with Crippen molar-refractivity contribution in [3.05, 3.63) is 29.3 Å². The second kappa shape index (κ2) is 3.98. The van der Waals surface area contributed by atoms with E-state index in [0.29, 0.717) is 5.02 Å². The normalized spacial score (nSPS) is 18.9. The Morgan fingerprint density at radius 2 is 2.25 bits per heavy atom. The summed E-state index contributed by atoms with van der Waals surface area (Å²) in [4.78, 5) is 11.3. The lowest BCUT2D eigenvalue weighted by atomic mass is 9.95. The number of carbonyl (C=O) groups is 1. The Kier molecular flexibility index (Phi) is 2.80. The third-order valence-corrected chi connectivity index (χ3v) is 3.30. The van der Waals surface area contributed by atoms with Crippen LogP contribution in [0.15, 0.2) is 24.3 Å². The summed E-state index contributed by atoms with van der Waals surface area (Å²) >= 11 is 5.86. The highest BCUT2D eigenvalue weighted by atomic mass is 35.5. The van der Waals surface area contributed by atoms with Gasteiger partial charge in [-0.3, -0.25) is 0 Å². The average Bonchev–Trinajstić information content (AvgIpc) is 3.00. The zero-order chi connectivity index (χ0) is 11.8. The summed E-state index contributed by atoms with van der Waals surface area (Å²) in [7, 11) is 0. The van der Waals surface area contributed by atoms with Crippen LogP contribution in [0.4, 0.5) is 5.69 Å². The molecule has 0 bridgehead atoms. The summed E-state index contributed by atoms with van der Waals surface area (Å²) in [5.41, 5.74) is -0.130. The Bertz CT molecular complexity index is 417. The SMILES string of the molecule is CC(Nc1cccc(Cl)c1)(C(=O)O)C1CC1. The van der Waals surface area contributed by atoms with Crippen molar-refractivity contribution in [2.45, 2.75) is 25.3 Å². The lowest BCUT2D eigenvalue weighted by molar-refractivity contribution is -0.142. The molecule has 1 fully saturated rings. The lowest BCUT2D eigenvalue weighted by Gasteiger charge is -2.27. The molecule has 0 amide bonds. The van der Waals surface area contributed by atoms with Gasteiger partial charge in [0.1, 0.15) is 5.54 Å². The molecule has 2 N–H and O–H groups in total. The summed E-state index contributed by atoms with van der Waals surface area (Å²) in [5, 5.41) is 13.0. The highest BCUT2D eigenvalue weighted by Gasteiger charge is 2.47. The fraction of sp³-hybridized carbons (Fsp3) is 0.417. The van der Waals surface area contributed by atoms with Crippen LogP contribution in [-0.4, -0.2) is 16.6 Å². The molecule has 1 atom stereocenters. The van der Waals surface area contributed by atoms with Crippen LogP contribution in [0.5, 0.6) is 0 Å². The molecule has 1 saturated carbocycles. The molecule has 16 heavy (non-hydrogen) atoms. The number of carboxylic acid groups (broad SMARTS) is 1. The van der Waals surface area contributed by atoms with Crippen molar-refractivity contribution in [1.29, 1.82) is 0 Å². The van der Waals surface area contributed by atoms with E-state index < -0.39 is 11.5 Å². The van der Waals surface area contributed by atoms with Crippen LogP contribution in [0.2, 0.25) is 5.02 Å². The molecular formula is C12H14ClNO2. The summed E-state index contributed by atoms with van der Waals surface area (Å²) in [6.07, 6.45) is 1.94. The van der Waals surface area contributed by atoms with Crippen molar-refractivity contribution in [3.8, 4) is 0 Å². The van der Waals surface area contributed by atoms with E-state index in [-0.39, 0.29) is 5.92 Å². The first-order valence-corrected chi connectivity index (χ1v) is 5.67. The van der Waals surface area contributed by atoms with E-state index in [1.54, 1.807) is 25.1 Å². The highest BCUT2D eigenvalue weighted by Crippen LogP contribution is 2.41. The zero-order valence-electron chi connectivity index (χ0n) is 9.03. The average molecular weight is 240 g/mol. The van der Waals surface area contributed by atoms with Crippen molar-refractivity contribution in [3.63, 3.8) is 0 Å². The van der Waals surface area contributed by atoms with Crippen LogP contribution >= 0.6 is 11.6 Å². The molecule has 1 unspecified atom stereocenters. The minimum Gasteiger partial charge on any atom is -0.480 e. The van der Waals surface area contributed by atoms with Crippen LogP contribution in [0, 0.1) is 5.92 Å². The first-order valence-electron chi connectivity index (χ1n) is 5.29. The second-order valence-corrected chi connectivity index (χ2v) is 4.85. The van der Waals surface area contributed by atoms with Crippen LogP contribution in [0.25, 0.3) is 0 Å². The lowest BCUT2D eigenvalue weighted by Crippen LogP contribution is -2.45. The smallest absolute Gasteiger partial charge is 0.329 e. The van der Waals surface area contributed by atoms with Crippen LogP contribution in [0.1, 0.15) is 19.8 Å². The highest BCUT2D eigenvalue weighted by molar-refractivity contribution is 6.30. The molecule has 0 aromatic heterocycles. The van der Waals surface area contributed by atoms with Gasteiger partial charge in [-0.1, -0.05) is 17.7 Å². The van der Waals surface area contributed by atoms with Gasteiger partial charge >= 0.3 is 5.97 Å². The van der Waals surface area contributed by atoms with Gasteiger partial charge in [0.25, 0.3) is 0 Å². The molecule has 0 saturated heterocycles. The third-order valence-electron chi connectivity index (χ3n) is 3.07. The Morgan fingerprint density at radius 1 is 1.56 bits per heavy atom. The van der Waals surface area contributed by atoms with Gasteiger partial charge in [-0.25, -0.2) is 4.79 Å². The molecule has 0 spiro atoms. The molecule has 0 heterocycles. The number of rotatable bonds is 4. The molecule has 1 aliphatic carbocycles. The van der Waals surface area contributed by atoms with Gasteiger partial charge in [0.05, 0.1) is 0 Å². The van der Waals surface area contributed by atoms with Gasteiger partial charge in [-0.15, -0.1) is 0 Å². The third kappa shape index (κ3) is 2.14. The molecule has 4 heteroatoms. The molecule has 0 aliphatic heterocycles. The Labute approximate surface area is 99.4 Å². The molecule has 3 nitrogen and oxygen atoms in total. The molecular weight excluding hydrogens is 226 g/mol. The summed E-state index contributed by atoms with van der Waals surface area (Å²) in [6.45, 7) is 1.73. The molecule has 1 aromatic carbocycles. The summed E-state index contributed by atoms with van der Waals surface area (Å²) < 4.78 is 0. The van der Waals surface area contributed by atoms with Gasteiger partial charge in [0.15, 0.2) is 0 Å². The molecule has 86 valence electrons. The molecule has 0 radical (unpaired) electrons. The van der Waals surface area contributed by atoms with Crippen molar-refractivity contribution < 1.29 is 9.90 Å². The van der Waals surface area contributed by atoms with Gasteiger partial charge in [-0.05, 0) is 43.9 Å². The van der Waals surface area contributed by atoms with E-state index in [4.69, 9.17) is 11.6 Å². The fourth-order valence-corrected chi connectivity index (χ4v) is 2.05. The standard InChI is InChI=1S/C12H14ClNO2/c1-12(11(15)16,8-5-6-8)14-10-4-2-3-9(13)7-10/h2-4,7-8,14H,5-6H2,1H3,(H,15,16). The van der Waals surface area contributed by atoms with Gasteiger partial charge in [-0.2, -0.15) is 0 Å². The number of hydrogen-bond donors (Lipinski definition) is 2. The maximum Gasteiger partial charge on any atom is 0.329 e. The topological polar surface area (TPSA) is 49.3 Å². The van der Waals surface area contributed by atoms with E-state index in [0.717, 1.165) is 18.5 Å². The van der Waals surface area contributed by atoms with Gasteiger partial charge in [0, 0.05) is 10.7 Å². The Morgan fingerprint density at radius 3 is 2.75 bits per heavy atom. The largest absolute Gasteiger partial charge is 0.480 e. The summed E-state index contributed by atoms with van der Waals surface area (Å²) in [6, 6.07) is 7.14. The predicted molar refractivity (Wildman–Crippen MR) is 63.8 cm³/mol. The Balaban J connectivity index is 2.21. The van der Waals surface area contributed by atoms with Crippen molar-refractivity contribution in [1.82, 2.24) is 0 Å². The molecule has 2 rings (SSSR count). The maximum absolute atomic E-state index is 11.3. The monoisotopic (exact) mass is 239 g/mol. The van der Waals surface area contributed by atoms with Gasteiger partial charge in [0.2, 0.25) is 0 Å². The van der Waals surface area contributed by atoms with Crippen LogP contribution in [-0.2, 0) is 4.79 Å². The van der Waals surface area contributed by atoms with Gasteiger partial charge < -0.3 is 10.4 Å². The van der Waals surface area contributed by atoms with E-state index in [1.165, 1.54) is 0 Å². The number of benzene rings is 1. The van der Waals surface area contributed by atoms with Crippen LogP contribution < -0.4 is 5.32 Å². The number of aliphatic carboxylic acids is 1. The first kappa shape index (κ1) is 11.3. The number of nitrogens with one attached hydrogen (secondary N) is 1. The van der Waals surface area contributed by atoms with Crippen molar-refractivity contribution in [2.24, 2.45) is 5.92 Å². The second-order valence-electron chi connectivity index (χ2n) is 4.42. The number of halogens is 1. The van der Waals surface area contributed by atoms with E-state index in [2.05, 4.69) is 5.32 Å². The minimum absolute atomic E-state index is 0.212. The van der Waals surface area contributed by atoms with Crippen molar-refractivity contribution in [2.75, 3.05) is 5.32 Å². The Hall–Kier alpha value is -1.22. The number of anilines is 1. The van der Waals surface area contributed by atoms with Crippen LogP contribution in [0.3, 0.4) is 0 Å². The quantitative estimate of drug-likeness (QED) is 0.849.